The molecule has 0 amide bonds. The van der Waals surface area contributed by atoms with E-state index in [9.17, 15) is 0 Å². The maximum Gasteiger partial charge on any atom is 0.0120 e. The minimum Gasteiger partial charge on any atom is -0.316 e. The van der Waals surface area contributed by atoms with Gasteiger partial charge in [-0.1, -0.05) is 13.3 Å². The van der Waals surface area contributed by atoms with Crippen LogP contribution in [0.15, 0.2) is 0 Å². The Balaban J connectivity index is 2.23. The van der Waals surface area contributed by atoms with Crippen molar-refractivity contribution >= 4 is 0 Å². The Labute approximate surface area is 88.7 Å². The minimum atomic E-state index is 0.867. The second kappa shape index (κ2) is 6.90. The van der Waals surface area contributed by atoms with Gasteiger partial charge in [-0.15, -0.1) is 11.8 Å². The highest BCUT2D eigenvalue weighted by atomic mass is 14.9. The largest absolute Gasteiger partial charge is 0.316 e. The first-order chi connectivity index (χ1) is 6.88. The molecular formula is C13H23N. The molecule has 0 aliphatic heterocycles. The maximum atomic E-state index is 3.54. The second-order valence-corrected chi connectivity index (χ2v) is 4.29. The van der Waals surface area contributed by atoms with Crippen LogP contribution in [0.1, 0.15) is 46.0 Å². The van der Waals surface area contributed by atoms with Crippen molar-refractivity contribution in [3.63, 3.8) is 0 Å². The average molecular weight is 193 g/mol. The van der Waals surface area contributed by atoms with Gasteiger partial charge in [0.1, 0.15) is 0 Å². The van der Waals surface area contributed by atoms with E-state index in [-0.39, 0.29) is 0 Å². The Hall–Kier alpha value is -0.480. The van der Waals surface area contributed by atoms with E-state index in [1.165, 1.54) is 38.8 Å². The Bertz CT molecular complexity index is 199. The lowest BCUT2D eigenvalue weighted by Crippen LogP contribution is -2.25. The fraction of sp³-hybridized carbons (Fsp3) is 0.846. The van der Waals surface area contributed by atoms with E-state index in [1.54, 1.807) is 0 Å². The summed E-state index contributed by atoms with van der Waals surface area (Å²) >= 11 is 0. The van der Waals surface area contributed by atoms with E-state index in [0.717, 1.165) is 18.3 Å². The zero-order chi connectivity index (χ0) is 10.2. The number of hydrogen-bond donors (Lipinski definition) is 1. The molecule has 0 bridgehead atoms. The topological polar surface area (TPSA) is 12.0 Å². The zero-order valence-electron chi connectivity index (χ0n) is 9.60. The quantitative estimate of drug-likeness (QED) is 0.523. The molecule has 1 heteroatoms. The Morgan fingerprint density at radius 1 is 1.29 bits per heavy atom. The van der Waals surface area contributed by atoms with Crippen molar-refractivity contribution in [3.8, 4) is 11.8 Å². The fourth-order valence-electron chi connectivity index (χ4n) is 2.35. The molecular weight excluding hydrogens is 170 g/mol. The van der Waals surface area contributed by atoms with Gasteiger partial charge in [-0.05, 0) is 51.1 Å². The molecule has 1 N–H and O–H groups in total. The first kappa shape index (κ1) is 11.6. The van der Waals surface area contributed by atoms with E-state index >= 15 is 0 Å². The third-order valence-corrected chi connectivity index (χ3v) is 3.19. The predicted octanol–water partition coefficient (Wildman–Crippen LogP) is 2.82. The van der Waals surface area contributed by atoms with Crippen LogP contribution in [0.2, 0.25) is 0 Å². The monoisotopic (exact) mass is 193 g/mol. The van der Waals surface area contributed by atoms with E-state index in [2.05, 4.69) is 24.1 Å². The third-order valence-electron chi connectivity index (χ3n) is 3.19. The number of nitrogens with one attached hydrogen (secondary N) is 1. The maximum absolute atomic E-state index is 3.54. The second-order valence-electron chi connectivity index (χ2n) is 4.29. The smallest absolute Gasteiger partial charge is 0.0120 e. The van der Waals surface area contributed by atoms with Crippen LogP contribution in [0.25, 0.3) is 0 Å². The molecule has 1 aliphatic carbocycles. The molecule has 1 aliphatic rings. The van der Waals surface area contributed by atoms with E-state index < -0.39 is 0 Å². The summed E-state index contributed by atoms with van der Waals surface area (Å²) in [5.41, 5.74) is 0. The molecule has 80 valence electrons. The first-order valence-corrected chi connectivity index (χ1v) is 5.98. The SMILES string of the molecule is CC#CCC1CCCC1CNCCC. The number of hydrogen-bond acceptors (Lipinski definition) is 1. The van der Waals surface area contributed by atoms with Crippen molar-refractivity contribution in [1.29, 1.82) is 0 Å². The van der Waals surface area contributed by atoms with Crippen LogP contribution in [0.3, 0.4) is 0 Å². The number of rotatable bonds is 5. The van der Waals surface area contributed by atoms with E-state index in [1.807, 2.05) is 6.92 Å². The van der Waals surface area contributed by atoms with Crippen molar-refractivity contribution in [1.82, 2.24) is 5.32 Å². The molecule has 2 unspecified atom stereocenters. The average Bonchev–Trinajstić information content (AvgIpc) is 2.63. The summed E-state index contributed by atoms with van der Waals surface area (Å²) in [5, 5.41) is 3.54. The molecule has 1 fully saturated rings. The molecule has 0 aromatic heterocycles. The van der Waals surface area contributed by atoms with E-state index in [0.29, 0.717) is 0 Å². The van der Waals surface area contributed by atoms with Crippen LogP contribution in [0.4, 0.5) is 0 Å². The van der Waals surface area contributed by atoms with Crippen LogP contribution >= 0.6 is 0 Å². The summed E-state index contributed by atoms with van der Waals surface area (Å²) in [6.45, 7) is 6.55. The summed E-state index contributed by atoms with van der Waals surface area (Å²) in [5.74, 6) is 8.00. The predicted molar refractivity (Wildman–Crippen MR) is 62.1 cm³/mol. The van der Waals surface area contributed by atoms with Gasteiger partial charge in [0, 0.05) is 6.42 Å². The van der Waals surface area contributed by atoms with Crippen molar-refractivity contribution in [2.75, 3.05) is 13.1 Å². The Morgan fingerprint density at radius 2 is 2.07 bits per heavy atom. The molecule has 2 atom stereocenters. The minimum absolute atomic E-state index is 0.867. The highest BCUT2D eigenvalue weighted by Gasteiger charge is 2.25. The highest BCUT2D eigenvalue weighted by Crippen LogP contribution is 2.33. The van der Waals surface area contributed by atoms with E-state index in [4.69, 9.17) is 0 Å². The standard InChI is InChI=1S/C13H23N/c1-3-5-7-12-8-6-9-13(12)11-14-10-4-2/h12-14H,4,6-11H2,1-2H3. The normalized spacial score (nSPS) is 25.9. The van der Waals surface area contributed by atoms with Crippen LogP contribution in [0, 0.1) is 23.7 Å². The molecule has 0 heterocycles. The van der Waals surface area contributed by atoms with Gasteiger partial charge >= 0.3 is 0 Å². The molecule has 1 rings (SSSR count). The molecule has 0 aromatic carbocycles. The molecule has 0 spiro atoms. The van der Waals surface area contributed by atoms with Crippen LogP contribution < -0.4 is 5.32 Å². The first-order valence-electron chi connectivity index (χ1n) is 5.98. The lowest BCUT2D eigenvalue weighted by molar-refractivity contribution is 0.373. The van der Waals surface area contributed by atoms with Crippen molar-refractivity contribution < 1.29 is 0 Å². The Morgan fingerprint density at radius 3 is 2.79 bits per heavy atom. The van der Waals surface area contributed by atoms with Gasteiger partial charge in [0.15, 0.2) is 0 Å². The van der Waals surface area contributed by atoms with Crippen molar-refractivity contribution in [3.05, 3.63) is 0 Å². The van der Waals surface area contributed by atoms with Crippen molar-refractivity contribution in [2.45, 2.75) is 46.0 Å². The summed E-state index contributed by atoms with van der Waals surface area (Å²) in [4.78, 5) is 0. The lowest BCUT2D eigenvalue weighted by Gasteiger charge is -2.17. The van der Waals surface area contributed by atoms with Gasteiger partial charge in [-0.25, -0.2) is 0 Å². The summed E-state index contributed by atoms with van der Waals surface area (Å²) < 4.78 is 0. The summed E-state index contributed by atoms with van der Waals surface area (Å²) in [6, 6.07) is 0. The molecule has 0 aromatic rings. The van der Waals surface area contributed by atoms with Gasteiger partial charge in [0.05, 0.1) is 0 Å². The van der Waals surface area contributed by atoms with Gasteiger partial charge < -0.3 is 5.32 Å². The third kappa shape index (κ3) is 3.72. The fourth-order valence-corrected chi connectivity index (χ4v) is 2.35. The molecule has 1 nitrogen and oxygen atoms in total. The molecule has 0 saturated heterocycles. The molecule has 14 heavy (non-hydrogen) atoms. The summed E-state index contributed by atoms with van der Waals surface area (Å²) in [6.07, 6.45) is 6.58. The van der Waals surface area contributed by atoms with Gasteiger partial charge in [0.2, 0.25) is 0 Å². The molecule has 0 radical (unpaired) electrons. The van der Waals surface area contributed by atoms with Crippen LogP contribution in [-0.4, -0.2) is 13.1 Å². The van der Waals surface area contributed by atoms with Crippen LogP contribution in [0.5, 0.6) is 0 Å². The van der Waals surface area contributed by atoms with Crippen molar-refractivity contribution in [2.24, 2.45) is 11.8 Å². The molecule has 1 saturated carbocycles. The highest BCUT2D eigenvalue weighted by molar-refractivity contribution is 4.98. The zero-order valence-corrected chi connectivity index (χ0v) is 9.60. The Kier molecular flexibility index (Phi) is 5.71. The lowest BCUT2D eigenvalue weighted by atomic mass is 9.93. The van der Waals surface area contributed by atoms with Gasteiger partial charge in [-0.2, -0.15) is 0 Å². The van der Waals surface area contributed by atoms with Crippen LogP contribution in [-0.2, 0) is 0 Å². The van der Waals surface area contributed by atoms with Gasteiger partial charge in [-0.3, -0.25) is 0 Å². The summed E-state index contributed by atoms with van der Waals surface area (Å²) in [7, 11) is 0. The van der Waals surface area contributed by atoms with Gasteiger partial charge in [0.25, 0.3) is 0 Å².